The summed E-state index contributed by atoms with van der Waals surface area (Å²) in [6.45, 7) is 4.05. The first kappa shape index (κ1) is 12.9. The Morgan fingerprint density at radius 3 is 2.85 bits per heavy atom. The number of hydrogen-bond donors (Lipinski definition) is 1. The standard InChI is InChI=1S/C14H14N4OS/c1-8-3-4-10-6-9(2)13-16-17-14(20-7-12(15)19)18(13)11(10)5-8/h3-6H,7H2,1-2H3,(H2,15,19). The number of nitrogens with zero attached hydrogens (tertiary/aromatic N) is 3. The topological polar surface area (TPSA) is 73.3 Å². The molecular weight excluding hydrogens is 272 g/mol. The van der Waals surface area contributed by atoms with Gasteiger partial charge in [-0.1, -0.05) is 23.9 Å². The van der Waals surface area contributed by atoms with Gasteiger partial charge < -0.3 is 5.73 Å². The zero-order chi connectivity index (χ0) is 14.3. The number of amides is 1. The minimum atomic E-state index is -0.361. The molecular formula is C14H14N4OS. The highest BCUT2D eigenvalue weighted by Crippen LogP contribution is 2.26. The maximum absolute atomic E-state index is 11.0. The highest BCUT2D eigenvalue weighted by molar-refractivity contribution is 7.99. The molecule has 0 aliphatic heterocycles. The van der Waals surface area contributed by atoms with Crippen molar-refractivity contribution in [2.75, 3.05) is 5.75 Å². The molecule has 0 aliphatic rings. The monoisotopic (exact) mass is 286 g/mol. The number of primary amides is 1. The van der Waals surface area contributed by atoms with Crippen LogP contribution in [0.2, 0.25) is 0 Å². The van der Waals surface area contributed by atoms with E-state index in [9.17, 15) is 4.79 Å². The molecule has 0 aliphatic carbocycles. The van der Waals surface area contributed by atoms with Crippen LogP contribution in [0.5, 0.6) is 0 Å². The second-order valence-electron chi connectivity index (χ2n) is 4.79. The van der Waals surface area contributed by atoms with Crippen LogP contribution in [0.25, 0.3) is 16.6 Å². The molecule has 2 heterocycles. The van der Waals surface area contributed by atoms with Crippen molar-refractivity contribution in [3.8, 4) is 0 Å². The molecule has 0 bridgehead atoms. The maximum Gasteiger partial charge on any atom is 0.227 e. The van der Waals surface area contributed by atoms with E-state index in [-0.39, 0.29) is 11.7 Å². The van der Waals surface area contributed by atoms with E-state index in [4.69, 9.17) is 5.73 Å². The highest BCUT2D eigenvalue weighted by atomic mass is 32.2. The van der Waals surface area contributed by atoms with Gasteiger partial charge >= 0.3 is 0 Å². The Kier molecular flexibility index (Phi) is 3.10. The first-order chi connectivity index (χ1) is 9.56. The largest absolute Gasteiger partial charge is 0.369 e. The molecule has 0 unspecified atom stereocenters. The van der Waals surface area contributed by atoms with Gasteiger partial charge in [0.1, 0.15) is 0 Å². The first-order valence-corrected chi connectivity index (χ1v) is 7.21. The molecule has 6 heteroatoms. The van der Waals surface area contributed by atoms with Crippen LogP contribution in [-0.4, -0.2) is 26.3 Å². The Morgan fingerprint density at radius 2 is 2.10 bits per heavy atom. The highest BCUT2D eigenvalue weighted by Gasteiger charge is 2.13. The average molecular weight is 286 g/mol. The predicted octanol–water partition coefficient (Wildman–Crippen LogP) is 2.08. The molecule has 5 nitrogen and oxygen atoms in total. The lowest BCUT2D eigenvalue weighted by atomic mass is 10.1. The van der Waals surface area contributed by atoms with Gasteiger partial charge in [-0.3, -0.25) is 9.20 Å². The van der Waals surface area contributed by atoms with E-state index in [1.165, 1.54) is 17.3 Å². The van der Waals surface area contributed by atoms with Crippen molar-refractivity contribution in [1.82, 2.24) is 14.6 Å². The lowest BCUT2D eigenvalue weighted by molar-refractivity contribution is -0.115. The third kappa shape index (κ3) is 2.12. The van der Waals surface area contributed by atoms with E-state index in [0.29, 0.717) is 5.16 Å². The van der Waals surface area contributed by atoms with Gasteiger partial charge in [-0.05, 0) is 42.5 Å². The minimum Gasteiger partial charge on any atom is -0.369 e. The Bertz CT molecular complexity index is 825. The SMILES string of the molecule is Cc1ccc2cc(C)c3nnc(SCC(N)=O)n3c2c1. The van der Waals surface area contributed by atoms with E-state index in [1.54, 1.807) is 0 Å². The summed E-state index contributed by atoms with van der Waals surface area (Å²) >= 11 is 1.31. The molecule has 1 amide bonds. The van der Waals surface area contributed by atoms with Crippen LogP contribution >= 0.6 is 11.8 Å². The van der Waals surface area contributed by atoms with E-state index in [1.807, 2.05) is 18.2 Å². The van der Waals surface area contributed by atoms with Crippen molar-refractivity contribution in [2.45, 2.75) is 19.0 Å². The van der Waals surface area contributed by atoms with Crippen molar-refractivity contribution in [3.63, 3.8) is 0 Å². The van der Waals surface area contributed by atoms with E-state index < -0.39 is 0 Å². The van der Waals surface area contributed by atoms with Crippen LogP contribution in [-0.2, 0) is 4.79 Å². The van der Waals surface area contributed by atoms with Crippen molar-refractivity contribution < 1.29 is 4.79 Å². The lowest BCUT2D eigenvalue weighted by Gasteiger charge is -2.07. The van der Waals surface area contributed by atoms with Gasteiger partial charge in [0.2, 0.25) is 5.91 Å². The third-order valence-corrected chi connectivity index (χ3v) is 4.08. The summed E-state index contributed by atoms with van der Waals surface area (Å²) in [6.07, 6.45) is 0. The summed E-state index contributed by atoms with van der Waals surface area (Å²) in [4.78, 5) is 11.0. The fourth-order valence-corrected chi connectivity index (χ4v) is 2.92. The summed E-state index contributed by atoms with van der Waals surface area (Å²) in [5, 5.41) is 10.2. The Morgan fingerprint density at radius 1 is 1.30 bits per heavy atom. The van der Waals surface area contributed by atoms with Gasteiger partial charge in [-0.2, -0.15) is 0 Å². The second kappa shape index (κ2) is 4.79. The van der Waals surface area contributed by atoms with E-state index in [2.05, 4.69) is 34.5 Å². The number of aromatic nitrogens is 3. The maximum atomic E-state index is 11.0. The van der Waals surface area contributed by atoms with Gasteiger partial charge in [0.15, 0.2) is 10.8 Å². The summed E-state index contributed by atoms with van der Waals surface area (Å²) < 4.78 is 1.99. The van der Waals surface area contributed by atoms with Gasteiger partial charge in [0.05, 0.1) is 11.3 Å². The zero-order valence-corrected chi connectivity index (χ0v) is 12.1. The van der Waals surface area contributed by atoms with Crippen molar-refractivity contribution in [1.29, 1.82) is 0 Å². The van der Waals surface area contributed by atoms with Gasteiger partial charge in [0, 0.05) is 0 Å². The summed E-state index contributed by atoms with van der Waals surface area (Å²) in [7, 11) is 0. The average Bonchev–Trinajstić information content (AvgIpc) is 2.82. The van der Waals surface area contributed by atoms with Crippen LogP contribution < -0.4 is 5.73 Å². The third-order valence-electron chi connectivity index (χ3n) is 3.13. The first-order valence-electron chi connectivity index (χ1n) is 6.22. The predicted molar refractivity (Wildman–Crippen MR) is 79.9 cm³/mol. The van der Waals surface area contributed by atoms with Crippen LogP contribution in [0, 0.1) is 13.8 Å². The van der Waals surface area contributed by atoms with Crippen molar-refractivity contribution >= 4 is 34.2 Å². The molecule has 0 spiro atoms. The summed E-state index contributed by atoms with van der Waals surface area (Å²) in [5.41, 5.74) is 9.29. The molecule has 2 N–H and O–H groups in total. The molecule has 0 radical (unpaired) electrons. The number of thioether (sulfide) groups is 1. The molecule has 0 atom stereocenters. The summed E-state index contributed by atoms with van der Waals surface area (Å²) in [6, 6.07) is 8.36. The number of fused-ring (bicyclic) bond motifs is 3. The molecule has 0 fully saturated rings. The molecule has 20 heavy (non-hydrogen) atoms. The van der Waals surface area contributed by atoms with Crippen molar-refractivity contribution in [2.24, 2.45) is 5.73 Å². The normalized spacial score (nSPS) is 11.3. The molecule has 102 valence electrons. The van der Waals surface area contributed by atoms with Crippen LogP contribution in [0.4, 0.5) is 0 Å². The van der Waals surface area contributed by atoms with Crippen molar-refractivity contribution in [3.05, 3.63) is 35.4 Å². The summed E-state index contributed by atoms with van der Waals surface area (Å²) in [5.74, 6) is -0.165. The lowest BCUT2D eigenvalue weighted by Crippen LogP contribution is -2.13. The Hall–Kier alpha value is -2.08. The number of benzene rings is 1. The fraction of sp³-hybridized carbons (Fsp3) is 0.214. The second-order valence-corrected chi connectivity index (χ2v) is 5.73. The number of nitrogens with two attached hydrogens (primary N) is 1. The number of aryl methyl sites for hydroxylation is 2. The number of carbonyl (C=O) groups excluding carboxylic acids is 1. The van der Waals surface area contributed by atoms with Crippen LogP contribution in [0.15, 0.2) is 29.4 Å². The Labute approximate surface area is 120 Å². The van der Waals surface area contributed by atoms with Crippen LogP contribution in [0.1, 0.15) is 11.1 Å². The van der Waals surface area contributed by atoms with Crippen LogP contribution in [0.3, 0.4) is 0 Å². The van der Waals surface area contributed by atoms with Gasteiger partial charge in [-0.15, -0.1) is 10.2 Å². The molecule has 1 aromatic carbocycles. The quantitative estimate of drug-likeness (QED) is 0.748. The number of pyridine rings is 1. The molecule has 3 rings (SSSR count). The molecule has 0 saturated carbocycles. The van der Waals surface area contributed by atoms with Gasteiger partial charge in [-0.25, -0.2) is 0 Å². The van der Waals surface area contributed by atoms with E-state index >= 15 is 0 Å². The number of hydrogen-bond acceptors (Lipinski definition) is 4. The van der Waals surface area contributed by atoms with E-state index in [0.717, 1.165) is 22.1 Å². The smallest absolute Gasteiger partial charge is 0.227 e. The number of rotatable bonds is 3. The van der Waals surface area contributed by atoms with Gasteiger partial charge in [0.25, 0.3) is 0 Å². The Balaban J connectivity index is 2.29. The molecule has 2 aromatic heterocycles. The number of carbonyl (C=O) groups is 1. The molecule has 3 aromatic rings. The minimum absolute atomic E-state index is 0.196. The molecule has 0 saturated heterocycles. The zero-order valence-electron chi connectivity index (χ0n) is 11.3. The fourth-order valence-electron chi connectivity index (χ4n) is 2.24.